The zero-order valence-corrected chi connectivity index (χ0v) is 17.7. The van der Waals surface area contributed by atoms with Gasteiger partial charge in [-0.25, -0.2) is 4.98 Å². The number of aliphatic imine (C=N–C) groups is 1. The quantitative estimate of drug-likeness (QED) is 0.358. The summed E-state index contributed by atoms with van der Waals surface area (Å²) < 4.78 is 2.04. The summed E-state index contributed by atoms with van der Waals surface area (Å²) in [5.41, 5.74) is 5.28. The molecule has 2 aromatic carbocycles. The van der Waals surface area contributed by atoms with Crippen molar-refractivity contribution in [3.63, 3.8) is 0 Å². The number of benzene rings is 2. The van der Waals surface area contributed by atoms with Gasteiger partial charge >= 0.3 is 0 Å². The Balaban J connectivity index is 1.87. The van der Waals surface area contributed by atoms with Gasteiger partial charge in [-0.2, -0.15) is 0 Å². The number of hydrogen-bond acceptors (Lipinski definition) is 3. The van der Waals surface area contributed by atoms with Crippen LogP contribution < -0.4 is 4.90 Å². The number of halogens is 2. The summed E-state index contributed by atoms with van der Waals surface area (Å²) in [6, 6.07) is 14.4. The first-order chi connectivity index (χ1) is 13.6. The Hall–Kier alpha value is -2.30. The molecule has 0 N–H and O–H groups in total. The molecule has 146 valence electrons. The number of para-hydroxylation sites is 2. The van der Waals surface area contributed by atoms with Gasteiger partial charge in [-0.05, 0) is 49.2 Å². The van der Waals surface area contributed by atoms with E-state index in [4.69, 9.17) is 28.2 Å². The topological polar surface area (TPSA) is 33.4 Å². The molecule has 3 rings (SSSR count). The minimum Gasteiger partial charge on any atom is -0.369 e. The van der Waals surface area contributed by atoms with Crippen molar-refractivity contribution in [3.05, 3.63) is 71.8 Å². The molecule has 0 aliphatic rings. The fourth-order valence-electron chi connectivity index (χ4n) is 3.12. The second-order valence-electron chi connectivity index (χ2n) is 6.50. The third-order valence-corrected chi connectivity index (χ3v) is 4.98. The Bertz CT molecular complexity index is 943. The fourth-order valence-corrected chi connectivity index (χ4v) is 3.53. The van der Waals surface area contributed by atoms with Crippen LogP contribution in [-0.4, -0.2) is 40.6 Å². The summed E-state index contributed by atoms with van der Waals surface area (Å²) in [4.78, 5) is 11.3. The molecule has 0 amide bonds. The van der Waals surface area contributed by atoms with Crippen molar-refractivity contribution in [2.45, 2.75) is 13.8 Å². The van der Waals surface area contributed by atoms with E-state index in [1.807, 2.05) is 48.2 Å². The molecule has 1 aromatic heterocycles. The zero-order chi connectivity index (χ0) is 19.9. The lowest BCUT2D eigenvalue weighted by Gasteiger charge is -2.23. The van der Waals surface area contributed by atoms with Crippen LogP contribution in [0.3, 0.4) is 0 Å². The summed E-state index contributed by atoms with van der Waals surface area (Å²) in [5.74, 6) is 2.08. The minimum absolute atomic E-state index is 0.573. The third-order valence-electron chi connectivity index (χ3n) is 4.64. The van der Waals surface area contributed by atoms with E-state index in [1.54, 1.807) is 6.20 Å². The van der Waals surface area contributed by atoms with Gasteiger partial charge in [-0.1, -0.05) is 18.2 Å². The van der Waals surface area contributed by atoms with E-state index < -0.39 is 0 Å². The Morgan fingerprint density at radius 1 is 1.07 bits per heavy atom. The fraction of sp³-hybridized carbons (Fsp3) is 0.273. The number of imidazole rings is 1. The van der Waals surface area contributed by atoms with Gasteiger partial charge in [-0.3, -0.25) is 4.99 Å². The molecule has 4 nitrogen and oxygen atoms in total. The Labute approximate surface area is 176 Å². The number of rotatable bonds is 8. The van der Waals surface area contributed by atoms with Crippen molar-refractivity contribution < 1.29 is 0 Å². The van der Waals surface area contributed by atoms with E-state index in [9.17, 15) is 0 Å². The van der Waals surface area contributed by atoms with Crippen molar-refractivity contribution >= 4 is 40.8 Å². The Morgan fingerprint density at radius 3 is 2.46 bits per heavy atom. The number of hydrogen-bond donors (Lipinski definition) is 0. The Morgan fingerprint density at radius 2 is 1.82 bits per heavy atom. The molecule has 0 saturated heterocycles. The summed E-state index contributed by atoms with van der Waals surface area (Å²) in [6.45, 7) is 5.63. The van der Waals surface area contributed by atoms with E-state index in [-0.39, 0.29) is 0 Å². The SMILES string of the molecule is Cc1cc(N(CCCl)CCCl)ccc1C=Nc1ccccc1-n1ccnc1C. The van der Waals surface area contributed by atoms with Crippen molar-refractivity contribution in [2.24, 2.45) is 4.99 Å². The molecule has 3 aromatic rings. The molecule has 0 fully saturated rings. The number of alkyl halides is 2. The molecule has 0 atom stereocenters. The molecule has 0 saturated carbocycles. The van der Waals surface area contributed by atoms with Gasteiger partial charge in [0.05, 0.1) is 11.4 Å². The Kier molecular flexibility index (Phi) is 7.12. The maximum atomic E-state index is 5.93. The summed E-state index contributed by atoms with van der Waals surface area (Å²) >= 11 is 11.9. The number of anilines is 1. The van der Waals surface area contributed by atoms with Crippen LogP contribution in [0, 0.1) is 13.8 Å². The van der Waals surface area contributed by atoms with E-state index in [2.05, 4.69) is 35.0 Å². The normalized spacial score (nSPS) is 11.3. The van der Waals surface area contributed by atoms with Gasteiger partial charge in [0.2, 0.25) is 0 Å². The van der Waals surface area contributed by atoms with Crippen molar-refractivity contribution in [1.82, 2.24) is 9.55 Å². The van der Waals surface area contributed by atoms with Crippen molar-refractivity contribution in [2.75, 3.05) is 29.7 Å². The lowest BCUT2D eigenvalue weighted by molar-refractivity contribution is 0.873. The molecule has 1 heterocycles. The van der Waals surface area contributed by atoms with E-state index >= 15 is 0 Å². The average Bonchev–Trinajstić information content (AvgIpc) is 3.13. The van der Waals surface area contributed by atoms with Gasteiger partial charge < -0.3 is 9.47 Å². The van der Waals surface area contributed by atoms with Gasteiger partial charge in [0.25, 0.3) is 0 Å². The highest BCUT2D eigenvalue weighted by atomic mass is 35.5. The second kappa shape index (κ2) is 9.76. The monoisotopic (exact) mass is 414 g/mol. The predicted octanol–water partition coefficient (Wildman–Crippen LogP) is 5.52. The third kappa shape index (κ3) is 4.75. The summed E-state index contributed by atoms with van der Waals surface area (Å²) in [6.07, 6.45) is 5.66. The average molecular weight is 415 g/mol. The second-order valence-corrected chi connectivity index (χ2v) is 7.25. The molecular weight excluding hydrogens is 391 g/mol. The first kappa shape index (κ1) is 20.4. The van der Waals surface area contributed by atoms with E-state index in [0.717, 1.165) is 47.1 Å². The van der Waals surface area contributed by atoms with E-state index in [1.165, 1.54) is 0 Å². The van der Waals surface area contributed by atoms with Gasteiger partial charge in [0, 0.05) is 49.1 Å². The molecule has 0 aliphatic heterocycles. The van der Waals surface area contributed by atoms with Gasteiger partial charge in [0.1, 0.15) is 5.82 Å². The first-order valence-electron chi connectivity index (χ1n) is 9.25. The van der Waals surface area contributed by atoms with Crippen molar-refractivity contribution in [1.29, 1.82) is 0 Å². The number of aromatic nitrogens is 2. The molecule has 0 radical (unpaired) electrons. The molecule has 0 bridgehead atoms. The van der Waals surface area contributed by atoms with Crippen LogP contribution in [0.1, 0.15) is 17.0 Å². The van der Waals surface area contributed by atoms with Crippen LogP contribution in [0.5, 0.6) is 0 Å². The van der Waals surface area contributed by atoms with Crippen LogP contribution in [0.2, 0.25) is 0 Å². The highest BCUT2D eigenvalue weighted by Gasteiger charge is 2.08. The van der Waals surface area contributed by atoms with Crippen LogP contribution >= 0.6 is 23.2 Å². The molecule has 0 spiro atoms. The maximum absolute atomic E-state index is 5.93. The largest absolute Gasteiger partial charge is 0.369 e. The number of aryl methyl sites for hydroxylation is 2. The van der Waals surface area contributed by atoms with Crippen LogP contribution in [-0.2, 0) is 0 Å². The molecule has 28 heavy (non-hydrogen) atoms. The smallest absolute Gasteiger partial charge is 0.110 e. The van der Waals surface area contributed by atoms with Crippen LogP contribution in [0.4, 0.5) is 11.4 Å². The first-order valence-corrected chi connectivity index (χ1v) is 10.3. The van der Waals surface area contributed by atoms with E-state index in [0.29, 0.717) is 11.8 Å². The molecule has 0 aliphatic carbocycles. The lowest BCUT2D eigenvalue weighted by Crippen LogP contribution is -2.27. The highest BCUT2D eigenvalue weighted by molar-refractivity contribution is 6.18. The van der Waals surface area contributed by atoms with Crippen LogP contribution in [0.15, 0.2) is 59.9 Å². The highest BCUT2D eigenvalue weighted by Crippen LogP contribution is 2.25. The lowest BCUT2D eigenvalue weighted by atomic mass is 10.1. The summed E-state index contributed by atoms with van der Waals surface area (Å²) in [7, 11) is 0. The molecule has 0 unspecified atom stereocenters. The number of nitrogens with zero attached hydrogens (tertiary/aromatic N) is 4. The van der Waals surface area contributed by atoms with Crippen LogP contribution in [0.25, 0.3) is 5.69 Å². The molecular formula is C22H24Cl2N4. The standard InChI is InChI=1S/C22H24Cl2N4/c1-17-15-20(27(12-9-23)13-10-24)8-7-19(17)16-26-21-5-3-4-6-22(21)28-14-11-25-18(28)2/h3-8,11,14-16H,9-10,12-13H2,1-2H3. The summed E-state index contributed by atoms with van der Waals surface area (Å²) in [5, 5.41) is 0. The molecule has 6 heteroatoms. The zero-order valence-electron chi connectivity index (χ0n) is 16.1. The van der Waals surface area contributed by atoms with Gasteiger partial charge in [-0.15, -0.1) is 23.2 Å². The predicted molar refractivity (Wildman–Crippen MR) is 120 cm³/mol. The van der Waals surface area contributed by atoms with Gasteiger partial charge in [0.15, 0.2) is 0 Å². The van der Waals surface area contributed by atoms with Crippen molar-refractivity contribution in [3.8, 4) is 5.69 Å². The minimum atomic E-state index is 0.573. The maximum Gasteiger partial charge on any atom is 0.110 e.